The SMILES string of the molecule is CC(C)(C)[Si](OCC1C[C@@H](Cl)[C@@H](Cl)C1)(c1ccccc1)c1ccccc1. The van der Waals surface area contributed by atoms with Gasteiger partial charge in [-0.1, -0.05) is 81.4 Å². The molecule has 0 heterocycles. The monoisotopic (exact) mass is 406 g/mol. The average Bonchev–Trinajstić information content (AvgIpc) is 2.94. The van der Waals surface area contributed by atoms with E-state index in [9.17, 15) is 0 Å². The van der Waals surface area contributed by atoms with Gasteiger partial charge in [0, 0.05) is 6.61 Å². The first-order valence-corrected chi connectivity index (χ1v) is 12.2. The second-order valence-corrected chi connectivity index (χ2v) is 13.8. The van der Waals surface area contributed by atoms with Crippen molar-refractivity contribution in [3.63, 3.8) is 0 Å². The van der Waals surface area contributed by atoms with Gasteiger partial charge in [-0.05, 0) is 34.2 Å². The van der Waals surface area contributed by atoms with Crippen molar-refractivity contribution < 1.29 is 4.43 Å². The topological polar surface area (TPSA) is 9.23 Å². The quantitative estimate of drug-likeness (QED) is 0.490. The third kappa shape index (κ3) is 3.89. The average molecular weight is 407 g/mol. The lowest BCUT2D eigenvalue weighted by Crippen LogP contribution is -2.66. The second kappa shape index (κ2) is 8.06. The third-order valence-corrected chi connectivity index (χ3v) is 11.6. The molecular formula is C22H28Cl2OSi. The molecule has 0 aromatic heterocycles. The molecule has 3 atom stereocenters. The van der Waals surface area contributed by atoms with E-state index in [1.165, 1.54) is 10.4 Å². The molecule has 2 aromatic carbocycles. The van der Waals surface area contributed by atoms with Crippen LogP contribution in [0.3, 0.4) is 0 Å². The van der Waals surface area contributed by atoms with Crippen LogP contribution in [0.5, 0.6) is 0 Å². The van der Waals surface area contributed by atoms with E-state index in [2.05, 4.69) is 81.4 Å². The van der Waals surface area contributed by atoms with Crippen LogP contribution in [0.15, 0.2) is 60.7 Å². The van der Waals surface area contributed by atoms with Gasteiger partial charge in [0.25, 0.3) is 8.32 Å². The summed E-state index contributed by atoms with van der Waals surface area (Å²) in [6.07, 6.45) is 1.88. The van der Waals surface area contributed by atoms with Crippen LogP contribution in [0.25, 0.3) is 0 Å². The molecule has 26 heavy (non-hydrogen) atoms. The summed E-state index contributed by atoms with van der Waals surface area (Å²) in [6, 6.07) is 21.5. The van der Waals surface area contributed by atoms with E-state index in [4.69, 9.17) is 27.6 Å². The minimum Gasteiger partial charge on any atom is -0.407 e. The number of hydrogen-bond acceptors (Lipinski definition) is 1. The highest BCUT2D eigenvalue weighted by Crippen LogP contribution is 2.39. The van der Waals surface area contributed by atoms with E-state index in [0.29, 0.717) is 5.92 Å². The lowest BCUT2D eigenvalue weighted by molar-refractivity contribution is 0.238. The first-order valence-electron chi connectivity index (χ1n) is 9.38. The molecule has 0 N–H and O–H groups in total. The van der Waals surface area contributed by atoms with Crippen molar-refractivity contribution in [2.45, 2.75) is 49.4 Å². The first-order chi connectivity index (χ1) is 12.3. The Morgan fingerprint density at radius 1 is 0.846 bits per heavy atom. The molecule has 0 saturated heterocycles. The molecule has 0 bridgehead atoms. The lowest BCUT2D eigenvalue weighted by atomic mass is 10.1. The zero-order valence-electron chi connectivity index (χ0n) is 15.8. The van der Waals surface area contributed by atoms with E-state index in [1.54, 1.807) is 0 Å². The maximum atomic E-state index is 6.97. The smallest absolute Gasteiger partial charge is 0.261 e. The lowest BCUT2D eigenvalue weighted by Gasteiger charge is -2.43. The van der Waals surface area contributed by atoms with Crippen LogP contribution in [0, 0.1) is 5.92 Å². The molecule has 2 aromatic rings. The molecule has 140 valence electrons. The molecule has 0 spiro atoms. The minimum atomic E-state index is -2.45. The van der Waals surface area contributed by atoms with Crippen LogP contribution in [0.1, 0.15) is 33.6 Å². The van der Waals surface area contributed by atoms with Crippen molar-refractivity contribution in [3.8, 4) is 0 Å². The predicted octanol–water partition coefficient (Wildman–Crippen LogP) is 5.19. The predicted molar refractivity (Wildman–Crippen MR) is 116 cm³/mol. The van der Waals surface area contributed by atoms with Crippen LogP contribution in [-0.4, -0.2) is 25.7 Å². The minimum absolute atomic E-state index is 0.00897. The third-order valence-electron chi connectivity index (χ3n) is 5.46. The summed E-state index contributed by atoms with van der Waals surface area (Å²) in [4.78, 5) is 0. The molecule has 3 rings (SSSR count). The molecule has 0 aliphatic heterocycles. The van der Waals surface area contributed by atoms with Crippen LogP contribution >= 0.6 is 23.2 Å². The zero-order valence-corrected chi connectivity index (χ0v) is 18.3. The van der Waals surface area contributed by atoms with Gasteiger partial charge in [-0.3, -0.25) is 0 Å². The Bertz CT molecular complexity index is 650. The molecule has 0 radical (unpaired) electrons. The molecule has 1 aliphatic carbocycles. The van der Waals surface area contributed by atoms with Crippen LogP contribution in [0.2, 0.25) is 5.04 Å². The van der Waals surface area contributed by atoms with Gasteiger partial charge in [0.2, 0.25) is 0 Å². The van der Waals surface area contributed by atoms with Crippen LogP contribution in [0.4, 0.5) is 0 Å². The van der Waals surface area contributed by atoms with Crippen molar-refractivity contribution in [1.82, 2.24) is 0 Å². The molecule has 0 amide bonds. The largest absolute Gasteiger partial charge is 0.407 e. The standard InChI is InChI=1S/C22H28Cl2OSi/c1-22(2,3)26(18-10-6-4-7-11-18,19-12-8-5-9-13-19)25-16-17-14-20(23)21(24)15-17/h4-13,17,20-21H,14-16H2,1-3H3/t17?,20-,21+. The van der Waals surface area contributed by atoms with Gasteiger partial charge in [0.15, 0.2) is 0 Å². The van der Waals surface area contributed by atoms with Gasteiger partial charge < -0.3 is 4.43 Å². The Morgan fingerprint density at radius 3 is 1.65 bits per heavy atom. The summed E-state index contributed by atoms with van der Waals surface area (Å²) >= 11 is 12.7. The van der Waals surface area contributed by atoms with Crippen molar-refractivity contribution >= 4 is 41.9 Å². The fourth-order valence-electron chi connectivity index (χ4n) is 4.17. The molecule has 4 heteroatoms. The van der Waals surface area contributed by atoms with E-state index in [1.807, 2.05) is 0 Å². The summed E-state index contributed by atoms with van der Waals surface area (Å²) in [7, 11) is -2.45. The fourth-order valence-corrected chi connectivity index (χ4v) is 9.52. The fraction of sp³-hybridized carbons (Fsp3) is 0.455. The number of rotatable bonds is 5. The maximum Gasteiger partial charge on any atom is 0.261 e. The van der Waals surface area contributed by atoms with E-state index in [0.717, 1.165) is 19.4 Å². The van der Waals surface area contributed by atoms with Gasteiger partial charge in [0.05, 0.1) is 10.8 Å². The van der Waals surface area contributed by atoms with Crippen LogP contribution < -0.4 is 10.4 Å². The van der Waals surface area contributed by atoms with E-state index >= 15 is 0 Å². The summed E-state index contributed by atoms with van der Waals surface area (Å²) in [5.74, 6) is 0.432. The Kier molecular flexibility index (Phi) is 6.18. The molecule has 1 unspecified atom stereocenters. The van der Waals surface area contributed by atoms with Gasteiger partial charge in [-0.2, -0.15) is 0 Å². The molecule has 1 aliphatic rings. The van der Waals surface area contributed by atoms with Crippen molar-refractivity contribution in [2.24, 2.45) is 5.92 Å². The van der Waals surface area contributed by atoms with Crippen molar-refractivity contribution in [2.75, 3.05) is 6.61 Å². The van der Waals surface area contributed by atoms with Gasteiger partial charge in [-0.25, -0.2) is 0 Å². The Balaban J connectivity index is 2.00. The highest BCUT2D eigenvalue weighted by molar-refractivity contribution is 6.99. The van der Waals surface area contributed by atoms with Crippen LogP contribution in [-0.2, 0) is 4.43 Å². The number of halogens is 2. The maximum absolute atomic E-state index is 6.97. The first kappa shape index (κ1) is 19.9. The molecular weight excluding hydrogens is 379 g/mol. The summed E-state index contributed by atoms with van der Waals surface area (Å²) in [5, 5.41) is 2.77. The Morgan fingerprint density at radius 2 is 1.27 bits per heavy atom. The van der Waals surface area contributed by atoms with E-state index in [-0.39, 0.29) is 15.8 Å². The summed E-state index contributed by atoms with van der Waals surface area (Å²) in [6.45, 7) is 7.65. The van der Waals surface area contributed by atoms with Gasteiger partial charge in [-0.15, -0.1) is 23.2 Å². The second-order valence-electron chi connectivity index (χ2n) is 8.34. The summed E-state index contributed by atoms with van der Waals surface area (Å²) < 4.78 is 6.97. The Labute approximate surface area is 168 Å². The zero-order chi connectivity index (χ0) is 18.8. The highest BCUT2D eigenvalue weighted by Gasteiger charge is 2.50. The van der Waals surface area contributed by atoms with E-state index < -0.39 is 8.32 Å². The molecule has 1 nitrogen and oxygen atoms in total. The highest BCUT2D eigenvalue weighted by atomic mass is 35.5. The van der Waals surface area contributed by atoms with Crippen molar-refractivity contribution in [3.05, 3.63) is 60.7 Å². The van der Waals surface area contributed by atoms with Gasteiger partial charge >= 0.3 is 0 Å². The number of alkyl halides is 2. The molecule has 1 fully saturated rings. The number of benzene rings is 2. The number of hydrogen-bond donors (Lipinski definition) is 0. The van der Waals surface area contributed by atoms with Gasteiger partial charge in [0.1, 0.15) is 0 Å². The summed E-state index contributed by atoms with van der Waals surface area (Å²) in [5.41, 5.74) is 0. The van der Waals surface area contributed by atoms with Crippen molar-refractivity contribution in [1.29, 1.82) is 0 Å². The molecule has 1 saturated carbocycles. The Hall–Kier alpha value is -0.803. The normalized spacial score (nSPS) is 24.0.